The van der Waals surface area contributed by atoms with E-state index in [1.54, 1.807) is 42.3 Å². The van der Waals surface area contributed by atoms with E-state index in [-0.39, 0.29) is 5.82 Å². The van der Waals surface area contributed by atoms with Crippen molar-refractivity contribution in [3.8, 4) is 5.69 Å². The van der Waals surface area contributed by atoms with Gasteiger partial charge in [-0.1, -0.05) is 12.1 Å². The number of hydrogen-bond acceptors (Lipinski definition) is 3. The second-order valence-electron chi connectivity index (χ2n) is 3.49. The van der Waals surface area contributed by atoms with Gasteiger partial charge in [0, 0.05) is 26.0 Å². The highest BCUT2D eigenvalue weighted by Gasteiger charge is 2.07. The molecule has 17 heavy (non-hydrogen) atoms. The van der Waals surface area contributed by atoms with Crippen molar-refractivity contribution in [3.05, 3.63) is 42.5 Å². The summed E-state index contributed by atoms with van der Waals surface area (Å²) in [6.45, 7) is 1.20. The van der Waals surface area contributed by atoms with Crippen LogP contribution in [-0.2, 0) is 4.74 Å². The molecule has 0 unspecified atom stereocenters. The number of nitrogens with zero attached hydrogens (tertiary/aromatic N) is 2. The van der Waals surface area contributed by atoms with E-state index < -0.39 is 0 Å². The van der Waals surface area contributed by atoms with E-state index in [1.807, 2.05) is 0 Å². The lowest BCUT2D eigenvalue weighted by Gasteiger charge is -2.10. The van der Waals surface area contributed by atoms with Crippen molar-refractivity contribution in [1.82, 2.24) is 9.55 Å². The Morgan fingerprint density at radius 1 is 1.41 bits per heavy atom. The minimum atomic E-state index is -0.278. The maximum atomic E-state index is 13.6. The summed E-state index contributed by atoms with van der Waals surface area (Å²) in [7, 11) is 1.63. The monoisotopic (exact) mass is 235 g/mol. The van der Waals surface area contributed by atoms with Crippen LogP contribution in [0.3, 0.4) is 0 Å². The van der Waals surface area contributed by atoms with Gasteiger partial charge < -0.3 is 10.1 Å². The van der Waals surface area contributed by atoms with Gasteiger partial charge in [0.2, 0.25) is 5.95 Å². The standard InChI is InChI=1S/C12H14FN3O/c1-17-9-7-15-12-14-6-8-16(12)11-5-3-2-4-10(11)13/h2-6,8H,7,9H2,1H3,(H,14,15). The number of ether oxygens (including phenoxy) is 1. The molecule has 0 saturated carbocycles. The van der Waals surface area contributed by atoms with Crippen LogP contribution in [0.1, 0.15) is 0 Å². The summed E-state index contributed by atoms with van der Waals surface area (Å²) in [5.41, 5.74) is 0.477. The lowest BCUT2D eigenvalue weighted by molar-refractivity contribution is 0.210. The molecule has 0 atom stereocenters. The number of methoxy groups -OCH3 is 1. The number of para-hydroxylation sites is 1. The summed E-state index contributed by atoms with van der Waals surface area (Å²) in [5.74, 6) is 0.326. The maximum absolute atomic E-state index is 13.6. The fourth-order valence-corrected chi connectivity index (χ4v) is 1.54. The Hall–Kier alpha value is -1.88. The summed E-state index contributed by atoms with van der Waals surface area (Å²) < 4.78 is 20.2. The van der Waals surface area contributed by atoms with Gasteiger partial charge in [-0.05, 0) is 12.1 Å². The maximum Gasteiger partial charge on any atom is 0.207 e. The van der Waals surface area contributed by atoms with Crippen molar-refractivity contribution >= 4 is 5.95 Å². The molecule has 1 N–H and O–H groups in total. The minimum absolute atomic E-state index is 0.278. The third-order valence-electron chi connectivity index (χ3n) is 2.34. The molecule has 0 amide bonds. The van der Waals surface area contributed by atoms with Crippen molar-refractivity contribution in [2.75, 3.05) is 25.6 Å². The highest BCUT2D eigenvalue weighted by Crippen LogP contribution is 2.17. The third kappa shape index (κ3) is 2.62. The molecule has 0 bridgehead atoms. The molecule has 90 valence electrons. The minimum Gasteiger partial charge on any atom is -0.383 e. The zero-order chi connectivity index (χ0) is 12.1. The largest absolute Gasteiger partial charge is 0.383 e. The summed E-state index contributed by atoms with van der Waals surface area (Å²) >= 11 is 0. The van der Waals surface area contributed by atoms with Gasteiger partial charge in [0.05, 0.1) is 12.3 Å². The van der Waals surface area contributed by atoms with E-state index >= 15 is 0 Å². The van der Waals surface area contributed by atoms with Crippen LogP contribution in [0, 0.1) is 5.82 Å². The number of benzene rings is 1. The fraction of sp³-hybridized carbons (Fsp3) is 0.250. The average molecular weight is 235 g/mol. The molecule has 0 fully saturated rings. The van der Waals surface area contributed by atoms with Crippen LogP contribution in [0.5, 0.6) is 0 Å². The Morgan fingerprint density at radius 3 is 3.00 bits per heavy atom. The Morgan fingerprint density at radius 2 is 2.24 bits per heavy atom. The molecule has 1 heterocycles. The number of imidazole rings is 1. The highest BCUT2D eigenvalue weighted by atomic mass is 19.1. The van der Waals surface area contributed by atoms with Crippen molar-refractivity contribution in [3.63, 3.8) is 0 Å². The topological polar surface area (TPSA) is 39.1 Å². The summed E-state index contributed by atoms with van der Waals surface area (Å²) in [5, 5.41) is 3.08. The first-order chi connectivity index (χ1) is 8.33. The third-order valence-corrected chi connectivity index (χ3v) is 2.34. The van der Waals surface area contributed by atoms with E-state index in [0.717, 1.165) is 0 Å². The molecule has 1 aromatic heterocycles. The molecule has 5 heteroatoms. The molecule has 0 aliphatic rings. The predicted molar refractivity (Wildman–Crippen MR) is 63.9 cm³/mol. The van der Waals surface area contributed by atoms with Crippen molar-refractivity contribution in [2.24, 2.45) is 0 Å². The Labute approximate surface area is 99.1 Å². The molecule has 0 radical (unpaired) electrons. The Kier molecular flexibility index (Phi) is 3.72. The van der Waals surface area contributed by atoms with E-state index in [1.165, 1.54) is 6.07 Å². The van der Waals surface area contributed by atoms with Crippen LogP contribution in [0.15, 0.2) is 36.7 Å². The smallest absolute Gasteiger partial charge is 0.207 e. The van der Waals surface area contributed by atoms with E-state index in [4.69, 9.17) is 4.74 Å². The van der Waals surface area contributed by atoms with Gasteiger partial charge in [-0.25, -0.2) is 9.37 Å². The zero-order valence-corrected chi connectivity index (χ0v) is 9.56. The van der Waals surface area contributed by atoms with Crippen molar-refractivity contribution in [1.29, 1.82) is 0 Å². The summed E-state index contributed by atoms with van der Waals surface area (Å²) in [6.07, 6.45) is 3.34. The second-order valence-corrected chi connectivity index (χ2v) is 3.49. The van der Waals surface area contributed by atoms with Crippen LogP contribution < -0.4 is 5.32 Å². The van der Waals surface area contributed by atoms with Gasteiger partial charge in [0.15, 0.2) is 0 Å². The number of aromatic nitrogens is 2. The number of nitrogens with one attached hydrogen (secondary N) is 1. The predicted octanol–water partition coefficient (Wildman–Crippen LogP) is 2.07. The average Bonchev–Trinajstić information content (AvgIpc) is 2.78. The molecule has 4 nitrogen and oxygen atoms in total. The highest BCUT2D eigenvalue weighted by molar-refractivity contribution is 5.42. The quantitative estimate of drug-likeness (QED) is 0.806. The van der Waals surface area contributed by atoms with Gasteiger partial charge in [-0.2, -0.15) is 0 Å². The van der Waals surface area contributed by atoms with Gasteiger partial charge in [-0.15, -0.1) is 0 Å². The van der Waals surface area contributed by atoms with Crippen LogP contribution in [0.25, 0.3) is 5.69 Å². The SMILES string of the molecule is COCCNc1nccn1-c1ccccc1F. The molecule has 0 aliphatic heterocycles. The molecule has 2 aromatic rings. The number of halogens is 1. The van der Waals surface area contributed by atoms with E-state index in [0.29, 0.717) is 24.8 Å². The number of hydrogen-bond donors (Lipinski definition) is 1. The Balaban J connectivity index is 2.22. The molecule has 1 aromatic carbocycles. The number of rotatable bonds is 5. The zero-order valence-electron chi connectivity index (χ0n) is 9.56. The molecule has 0 saturated heterocycles. The summed E-state index contributed by atoms with van der Waals surface area (Å²) in [6, 6.07) is 6.58. The van der Waals surface area contributed by atoms with Gasteiger partial charge >= 0.3 is 0 Å². The summed E-state index contributed by atoms with van der Waals surface area (Å²) in [4.78, 5) is 4.14. The van der Waals surface area contributed by atoms with Gasteiger partial charge in [0.25, 0.3) is 0 Å². The lowest BCUT2D eigenvalue weighted by atomic mass is 10.3. The molecule has 0 aliphatic carbocycles. The molecular formula is C12H14FN3O. The second kappa shape index (κ2) is 5.45. The lowest BCUT2D eigenvalue weighted by Crippen LogP contribution is -2.12. The van der Waals surface area contributed by atoms with Crippen LogP contribution in [-0.4, -0.2) is 29.8 Å². The van der Waals surface area contributed by atoms with Crippen molar-refractivity contribution < 1.29 is 9.13 Å². The van der Waals surface area contributed by atoms with E-state index in [9.17, 15) is 4.39 Å². The molecule has 2 rings (SSSR count). The van der Waals surface area contributed by atoms with Gasteiger partial charge in [-0.3, -0.25) is 4.57 Å². The first kappa shape index (κ1) is 11.6. The first-order valence-electron chi connectivity index (χ1n) is 5.34. The van der Waals surface area contributed by atoms with Crippen molar-refractivity contribution in [2.45, 2.75) is 0 Å². The molecular weight excluding hydrogens is 221 g/mol. The normalized spacial score (nSPS) is 10.5. The number of anilines is 1. The Bertz CT molecular complexity index is 484. The first-order valence-corrected chi connectivity index (χ1v) is 5.34. The van der Waals surface area contributed by atoms with Crippen LogP contribution >= 0.6 is 0 Å². The van der Waals surface area contributed by atoms with E-state index in [2.05, 4.69) is 10.3 Å². The fourth-order valence-electron chi connectivity index (χ4n) is 1.54. The van der Waals surface area contributed by atoms with Crippen LogP contribution in [0.2, 0.25) is 0 Å². The molecule has 0 spiro atoms. The van der Waals surface area contributed by atoms with Crippen LogP contribution in [0.4, 0.5) is 10.3 Å². The van der Waals surface area contributed by atoms with Gasteiger partial charge in [0.1, 0.15) is 5.82 Å².